The molecule has 0 saturated heterocycles. The Morgan fingerprint density at radius 2 is 0.864 bits per heavy atom. The highest BCUT2D eigenvalue weighted by Crippen LogP contribution is 2.30. The zero-order valence-corrected chi connectivity index (χ0v) is 46.0. The van der Waals surface area contributed by atoms with E-state index in [9.17, 15) is 33.6 Å². The van der Waals surface area contributed by atoms with Crippen LogP contribution in [-0.2, 0) is 66.9 Å². The molecule has 10 aromatic rings. The molecule has 2 unspecified atom stereocenters. The molecule has 81 heavy (non-hydrogen) atoms. The van der Waals surface area contributed by atoms with Gasteiger partial charge in [-0.05, 0) is 92.8 Å². The number of carboxylic acid groups (broad SMARTS) is 2. The van der Waals surface area contributed by atoms with E-state index in [4.69, 9.17) is 33.9 Å². The van der Waals surface area contributed by atoms with Crippen LogP contribution < -0.4 is 0 Å². The molecule has 0 saturated carbocycles. The van der Waals surface area contributed by atoms with Crippen molar-refractivity contribution in [3.05, 3.63) is 180 Å². The number of nitrogens with zero attached hydrogens (tertiary/aromatic N) is 2. The van der Waals surface area contributed by atoms with E-state index in [-0.39, 0.29) is 30.7 Å². The second-order valence-electron chi connectivity index (χ2n) is 18.0. The molecule has 10 rings (SSSR count). The third kappa shape index (κ3) is 15.4. The summed E-state index contributed by atoms with van der Waals surface area (Å²) < 4.78 is 27.1. The molecule has 0 bridgehead atoms. The van der Waals surface area contributed by atoms with Crippen LogP contribution in [0.15, 0.2) is 152 Å². The van der Waals surface area contributed by atoms with Gasteiger partial charge in [-0.1, -0.05) is 91.0 Å². The minimum absolute atomic E-state index is 0.0734. The van der Waals surface area contributed by atoms with Gasteiger partial charge >= 0.3 is 42.0 Å². The van der Waals surface area contributed by atoms with Crippen molar-refractivity contribution in [1.82, 2.24) is 24.1 Å². The fourth-order valence-electron chi connectivity index (χ4n) is 8.87. The van der Waals surface area contributed by atoms with E-state index in [0.29, 0.717) is 37.3 Å². The summed E-state index contributed by atoms with van der Waals surface area (Å²) >= 11 is 0. The normalized spacial score (nSPS) is 11.3. The van der Waals surface area contributed by atoms with Crippen molar-refractivity contribution in [2.45, 2.75) is 65.7 Å². The molecule has 5 heterocycles. The molecule has 0 radical (unpaired) electrons. The van der Waals surface area contributed by atoms with Crippen molar-refractivity contribution in [2.75, 3.05) is 34.0 Å². The number of aliphatic carboxylic acids is 2. The van der Waals surface area contributed by atoms with Gasteiger partial charge in [0.15, 0.2) is 0 Å². The van der Waals surface area contributed by atoms with Crippen LogP contribution in [0, 0.1) is 0 Å². The van der Waals surface area contributed by atoms with Crippen LogP contribution in [0.1, 0.15) is 74.3 Å². The molecule has 422 valence electrons. The van der Waals surface area contributed by atoms with Gasteiger partial charge in [-0.15, -0.1) is 0 Å². The maximum absolute atomic E-state index is 11.9. The zero-order chi connectivity index (χ0) is 58.6. The Morgan fingerprint density at radius 1 is 0.457 bits per heavy atom. The molecule has 19 nitrogen and oxygen atoms in total. The second-order valence-corrected chi connectivity index (χ2v) is 18.0. The van der Waals surface area contributed by atoms with E-state index >= 15 is 0 Å². The monoisotopic (exact) mass is 1100 g/mol. The summed E-state index contributed by atoms with van der Waals surface area (Å²) in [6.45, 7) is 9.90. The lowest BCUT2D eigenvalue weighted by atomic mass is 10.0. The summed E-state index contributed by atoms with van der Waals surface area (Å²) in [6.07, 6.45) is 8.21. The number of ether oxygens (including phenoxy) is 5. The van der Waals surface area contributed by atoms with Crippen molar-refractivity contribution in [3.8, 4) is 0 Å². The third-order valence-corrected chi connectivity index (χ3v) is 12.8. The highest BCUT2D eigenvalue weighted by atomic mass is 16.6. The molecule has 2 atom stereocenters. The first-order valence-electron chi connectivity index (χ1n) is 26.0. The average molecular weight is 1100 g/mol. The van der Waals surface area contributed by atoms with Crippen molar-refractivity contribution in [3.63, 3.8) is 0 Å². The van der Waals surface area contributed by atoms with Gasteiger partial charge in [-0.25, -0.2) is 9.59 Å². The Hall–Kier alpha value is -9.91. The van der Waals surface area contributed by atoms with Gasteiger partial charge < -0.3 is 48.8 Å². The number of methoxy groups -OCH3 is 2. The number of carbonyl (C=O) groups is 7. The number of hydrogen-bond donors (Lipinski definition) is 5. The molecular weight excluding hydrogens is 1040 g/mol. The fraction of sp³-hybridized carbons (Fsp3) is 0.242. The first-order chi connectivity index (χ1) is 39.0. The largest absolute Gasteiger partial charge is 0.481 e. The Balaban J connectivity index is 0.000000165. The van der Waals surface area contributed by atoms with Gasteiger partial charge in [0.05, 0.1) is 76.2 Å². The number of nitrogens with one attached hydrogen (secondary N) is 3. The number of rotatable bonds is 13. The number of carbonyl (C=O) groups excluding carboxylic acids is 5. The molecule has 0 fully saturated rings. The van der Waals surface area contributed by atoms with E-state index in [0.717, 1.165) is 71.3 Å². The van der Waals surface area contributed by atoms with Crippen LogP contribution in [-0.4, -0.2) is 110 Å². The number of para-hydroxylation sites is 5. The summed E-state index contributed by atoms with van der Waals surface area (Å²) in [4.78, 5) is 88.8. The van der Waals surface area contributed by atoms with Gasteiger partial charge in [0.1, 0.15) is 0 Å². The summed E-state index contributed by atoms with van der Waals surface area (Å²) in [5, 5.41) is 22.3. The van der Waals surface area contributed by atoms with Gasteiger partial charge in [0, 0.05) is 74.5 Å². The number of fused-ring (bicyclic) bond motifs is 5. The molecule has 0 aliphatic heterocycles. The lowest BCUT2D eigenvalue weighted by Gasteiger charge is -2.09. The molecule has 19 heteroatoms. The molecule has 0 amide bonds. The van der Waals surface area contributed by atoms with Crippen molar-refractivity contribution >= 4 is 96.5 Å². The Bertz CT molecular complexity index is 3780. The molecule has 5 aromatic carbocycles. The maximum Gasteiger partial charge on any atom is 0.418 e. The van der Waals surface area contributed by atoms with Gasteiger partial charge in [0.2, 0.25) is 0 Å². The first-order valence-corrected chi connectivity index (χ1v) is 26.0. The number of benzene rings is 5. The van der Waals surface area contributed by atoms with E-state index in [1.54, 1.807) is 58.5 Å². The standard InChI is InChI=1S/C15H17NO4.C14H15NO4.C12H13NO2.C11H11NO2.C10H9NO2/c1-4-20-14(17)10(2)12-9-16(15(18)19-3)13-8-6-5-7-11(12)13;1-3-19-13(16)8-10-9-15(14(17)18-2)12-7-5-4-6-11(10)12;1-2-15-12(14)7-9-8-13-11-6-4-3-5-10(9)11;1-7(11(13)14)9-6-12-10-5-3-2-4-8(9)10;12-10(13)5-7-6-11-9-4-2-1-3-8(7)9/h5-10H,4H2,1-3H3;4-7,9H,3,8H2,1-2H3;3-6,8,13H,2,7H2,1H3;2-7,12H,1H3,(H,13,14);1-4,6,11H,5H2,(H,12,13). The van der Waals surface area contributed by atoms with E-state index < -0.39 is 36.0 Å². The first kappa shape index (κ1) is 60.3. The molecular formula is C62H65N5O14. The predicted molar refractivity (Wildman–Crippen MR) is 307 cm³/mol. The fourth-order valence-corrected chi connectivity index (χ4v) is 8.87. The number of hydrogen-bond acceptors (Lipinski definition) is 12. The number of aromatic amines is 3. The number of H-pyrrole nitrogens is 3. The van der Waals surface area contributed by atoms with Crippen LogP contribution in [0.4, 0.5) is 9.59 Å². The third-order valence-electron chi connectivity index (χ3n) is 12.8. The van der Waals surface area contributed by atoms with Gasteiger partial charge in [-0.3, -0.25) is 33.1 Å². The minimum Gasteiger partial charge on any atom is -0.481 e. The molecule has 0 aliphatic rings. The van der Waals surface area contributed by atoms with Crippen molar-refractivity contribution in [2.24, 2.45) is 0 Å². The quantitative estimate of drug-likeness (QED) is 0.0531. The van der Waals surface area contributed by atoms with Crippen LogP contribution in [0.25, 0.3) is 54.5 Å². The lowest BCUT2D eigenvalue weighted by molar-refractivity contribution is -0.145. The molecule has 5 aromatic heterocycles. The van der Waals surface area contributed by atoms with E-state index in [1.807, 2.05) is 128 Å². The topological polar surface area (TPSA) is 263 Å². The summed E-state index contributed by atoms with van der Waals surface area (Å²) in [7, 11) is 2.65. The predicted octanol–water partition coefficient (Wildman–Crippen LogP) is 11.7. The SMILES string of the molecule is CC(C(=O)O)c1c[nH]c2ccccc12.CCOC(=O)C(C)c1cn(C(=O)OC)c2ccccc12.CCOC(=O)Cc1c[nH]c2ccccc12.CCOC(=O)Cc1cn(C(=O)OC)c2ccccc12.O=C(O)Cc1c[nH]c2ccccc12. The second kappa shape index (κ2) is 29.2. The number of carboxylic acids is 2. The van der Waals surface area contributed by atoms with Crippen molar-refractivity contribution < 1.29 is 67.5 Å². The minimum atomic E-state index is -0.801. The molecule has 0 spiro atoms. The maximum atomic E-state index is 11.9. The van der Waals surface area contributed by atoms with E-state index in [2.05, 4.69) is 15.0 Å². The molecule has 0 aliphatic carbocycles. The van der Waals surface area contributed by atoms with Gasteiger partial charge in [0.25, 0.3) is 0 Å². The smallest absolute Gasteiger partial charge is 0.418 e. The Kier molecular flexibility index (Phi) is 21.7. The number of esters is 3. The summed E-state index contributed by atoms with van der Waals surface area (Å²) in [6, 6.07) is 38.0. The lowest BCUT2D eigenvalue weighted by Crippen LogP contribution is -2.13. The summed E-state index contributed by atoms with van der Waals surface area (Å²) in [5.41, 5.74) is 8.62. The van der Waals surface area contributed by atoms with E-state index in [1.165, 1.54) is 23.4 Å². The van der Waals surface area contributed by atoms with Crippen LogP contribution >= 0.6 is 0 Å². The van der Waals surface area contributed by atoms with Gasteiger partial charge in [-0.2, -0.15) is 0 Å². The number of aromatic nitrogens is 5. The molecule has 5 N–H and O–H groups in total. The van der Waals surface area contributed by atoms with Crippen LogP contribution in [0.5, 0.6) is 0 Å². The highest BCUT2D eigenvalue weighted by molar-refractivity contribution is 5.96. The average Bonchev–Trinajstić information content (AvgIpc) is 4.41. The van der Waals surface area contributed by atoms with Crippen molar-refractivity contribution in [1.29, 1.82) is 0 Å². The Labute approximate surface area is 466 Å². The Morgan fingerprint density at radius 3 is 1.36 bits per heavy atom. The van der Waals surface area contributed by atoms with Crippen LogP contribution in [0.2, 0.25) is 0 Å². The van der Waals surface area contributed by atoms with Crippen LogP contribution in [0.3, 0.4) is 0 Å². The highest BCUT2D eigenvalue weighted by Gasteiger charge is 2.24. The zero-order valence-electron chi connectivity index (χ0n) is 46.0. The summed E-state index contributed by atoms with van der Waals surface area (Å²) in [5.74, 6) is -3.30.